The van der Waals surface area contributed by atoms with Crippen LogP contribution in [0.5, 0.6) is 0 Å². The fourth-order valence-electron chi connectivity index (χ4n) is 5.34. The number of carboxylic acid groups (broad SMARTS) is 1. The van der Waals surface area contributed by atoms with Gasteiger partial charge in [0.25, 0.3) is 5.91 Å². The van der Waals surface area contributed by atoms with Gasteiger partial charge in [-0.15, -0.1) is 0 Å². The Labute approximate surface area is 279 Å². The molecule has 0 radical (unpaired) electrons. The van der Waals surface area contributed by atoms with E-state index in [0.29, 0.717) is 49.5 Å². The summed E-state index contributed by atoms with van der Waals surface area (Å²) >= 11 is 1.09. The van der Waals surface area contributed by atoms with Crippen molar-refractivity contribution in [1.82, 2.24) is 19.9 Å². The number of nitrogens with one attached hydrogen (secondary N) is 1. The number of hydrogen-bond donors (Lipinski definition) is 2. The maximum atomic E-state index is 14.5. The average Bonchev–Trinajstić information content (AvgIpc) is 3.48. The molecule has 1 saturated heterocycles. The van der Waals surface area contributed by atoms with Gasteiger partial charge in [-0.05, 0) is 43.7 Å². The Hall–Kier alpha value is -4.63. The summed E-state index contributed by atoms with van der Waals surface area (Å²) in [6, 6.07) is 11.9. The quantitative estimate of drug-likeness (QED) is 0.163. The molecule has 3 heterocycles. The Kier molecular flexibility index (Phi) is 10.9. The van der Waals surface area contributed by atoms with E-state index in [0.717, 1.165) is 35.6 Å². The van der Waals surface area contributed by atoms with Gasteiger partial charge in [0.05, 0.1) is 41.5 Å². The number of alkyl halides is 3. The van der Waals surface area contributed by atoms with E-state index >= 15 is 0 Å². The summed E-state index contributed by atoms with van der Waals surface area (Å²) in [6.45, 7) is 7.35. The third-order valence-corrected chi connectivity index (χ3v) is 9.11. The smallest absolute Gasteiger partial charge is 0.416 e. The number of aromatic nitrogens is 3. The first-order chi connectivity index (χ1) is 22.9. The Morgan fingerprint density at radius 3 is 2.42 bits per heavy atom. The number of anilines is 3. The summed E-state index contributed by atoms with van der Waals surface area (Å²) in [7, 11) is 0. The lowest BCUT2D eigenvalue weighted by Crippen LogP contribution is -2.47. The monoisotopic (exact) mass is 685 g/mol. The molecule has 1 unspecified atom stereocenters. The van der Waals surface area contributed by atoms with Crippen LogP contribution >= 0.6 is 11.3 Å². The second-order valence-electron chi connectivity index (χ2n) is 11.4. The zero-order valence-corrected chi connectivity index (χ0v) is 27.2. The van der Waals surface area contributed by atoms with Gasteiger partial charge in [0.15, 0.2) is 5.13 Å². The summed E-state index contributed by atoms with van der Waals surface area (Å²) in [5, 5.41) is 11.7. The van der Waals surface area contributed by atoms with Crippen LogP contribution in [-0.2, 0) is 17.5 Å². The lowest BCUT2D eigenvalue weighted by molar-refractivity contribution is -0.138. The van der Waals surface area contributed by atoms with Crippen LogP contribution in [0, 0.1) is 5.82 Å². The third kappa shape index (κ3) is 8.63. The minimum absolute atomic E-state index is 0.00720. The van der Waals surface area contributed by atoms with Gasteiger partial charge in [-0.3, -0.25) is 19.8 Å². The van der Waals surface area contributed by atoms with Crippen molar-refractivity contribution in [2.24, 2.45) is 0 Å². The van der Waals surface area contributed by atoms with Crippen molar-refractivity contribution in [3.8, 4) is 11.3 Å². The first-order valence-electron chi connectivity index (χ1n) is 15.4. The largest absolute Gasteiger partial charge is 0.481 e. The predicted octanol–water partition coefficient (Wildman–Crippen LogP) is 6.41. The van der Waals surface area contributed by atoms with E-state index < -0.39 is 29.4 Å². The Morgan fingerprint density at radius 2 is 1.79 bits per heavy atom. The van der Waals surface area contributed by atoms with Crippen molar-refractivity contribution < 1.29 is 32.3 Å². The summed E-state index contributed by atoms with van der Waals surface area (Å²) in [4.78, 5) is 43.9. The molecular weight excluding hydrogens is 650 g/mol. The Morgan fingerprint density at radius 1 is 1.06 bits per heavy atom. The van der Waals surface area contributed by atoms with E-state index in [2.05, 4.69) is 30.1 Å². The predicted molar refractivity (Wildman–Crippen MR) is 176 cm³/mol. The van der Waals surface area contributed by atoms with Gasteiger partial charge in [0.2, 0.25) is 0 Å². The summed E-state index contributed by atoms with van der Waals surface area (Å²) < 4.78 is 55.5. The van der Waals surface area contributed by atoms with E-state index in [1.54, 1.807) is 0 Å². The Balaban J connectivity index is 1.38. The molecule has 1 fully saturated rings. The number of amides is 1. The van der Waals surface area contributed by atoms with Gasteiger partial charge in [-0.25, -0.2) is 19.3 Å². The number of hydrogen-bond acceptors (Lipinski definition) is 9. The van der Waals surface area contributed by atoms with E-state index in [9.17, 15) is 27.2 Å². The number of carbonyl (C=O) groups is 2. The van der Waals surface area contributed by atoms with Crippen LogP contribution < -0.4 is 15.1 Å². The van der Waals surface area contributed by atoms with Crippen LogP contribution in [0.2, 0.25) is 0 Å². The molecule has 0 spiro atoms. The molecule has 2 aromatic heterocycles. The molecular formula is C33H35F4N7O3S. The normalized spacial score (nSPS) is 14.5. The standard InChI is InChI=1S/C33H35F4N7O3S/c1-3-21(2)44(25-7-5-4-6-8-25)20-27-30(22-15-23(33(35,36)37)17-24(34)16-22)40-32(48-27)41-31(47)26-18-39-28(19-38-26)43-13-11-42(12-14-43)10-9-29(45)46/h4-8,15-19,21H,3,9-14,20H2,1-2H3,(H,45,46)(H,40,41,47). The maximum absolute atomic E-state index is 14.5. The fourth-order valence-corrected chi connectivity index (χ4v) is 6.32. The van der Waals surface area contributed by atoms with Crippen LogP contribution in [0.25, 0.3) is 11.3 Å². The van der Waals surface area contributed by atoms with Gasteiger partial charge in [-0.2, -0.15) is 13.2 Å². The van der Waals surface area contributed by atoms with Crippen molar-refractivity contribution in [1.29, 1.82) is 0 Å². The Bertz CT molecular complexity index is 1710. The lowest BCUT2D eigenvalue weighted by atomic mass is 10.1. The molecule has 1 aliphatic heterocycles. The maximum Gasteiger partial charge on any atom is 0.416 e. The van der Waals surface area contributed by atoms with Gasteiger partial charge in [-0.1, -0.05) is 36.5 Å². The summed E-state index contributed by atoms with van der Waals surface area (Å²) in [6.07, 6.45) is -1.10. The van der Waals surface area contributed by atoms with Crippen molar-refractivity contribution in [2.45, 2.75) is 45.5 Å². The number of carbonyl (C=O) groups excluding carboxylic acids is 1. The zero-order chi connectivity index (χ0) is 34.4. The average molecular weight is 686 g/mol. The molecule has 1 amide bonds. The van der Waals surface area contributed by atoms with Crippen LogP contribution in [-0.4, -0.2) is 75.6 Å². The molecule has 1 aliphatic rings. The molecule has 4 aromatic rings. The van der Waals surface area contributed by atoms with Crippen molar-refractivity contribution in [2.75, 3.05) is 47.8 Å². The number of carboxylic acids is 1. The molecule has 254 valence electrons. The minimum atomic E-state index is -4.77. The number of benzene rings is 2. The number of thiazole rings is 1. The fraction of sp³-hybridized carbons (Fsp3) is 0.364. The number of nitrogens with zero attached hydrogens (tertiary/aromatic N) is 6. The molecule has 48 heavy (non-hydrogen) atoms. The molecule has 2 N–H and O–H groups in total. The molecule has 0 aliphatic carbocycles. The molecule has 5 rings (SSSR count). The second-order valence-corrected chi connectivity index (χ2v) is 12.5. The first kappa shape index (κ1) is 34.7. The first-order valence-corrected chi connectivity index (χ1v) is 16.2. The van der Waals surface area contributed by atoms with Gasteiger partial charge < -0.3 is 14.9 Å². The van der Waals surface area contributed by atoms with Gasteiger partial charge in [0.1, 0.15) is 17.3 Å². The minimum Gasteiger partial charge on any atom is -0.481 e. The highest BCUT2D eigenvalue weighted by Gasteiger charge is 2.32. The summed E-state index contributed by atoms with van der Waals surface area (Å²) in [5.41, 5.74) is -0.162. The second kappa shape index (κ2) is 15.1. The molecule has 10 nitrogen and oxygen atoms in total. The SMILES string of the molecule is CCC(C)N(Cc1sc(NC(=O)c2cnc(N3CCN(CCC(=O)O)CC3)cn2)nc1-c1cc(F)cc(C(F)(F)F)c1)c1ccccc1. The molecule has 1 atom stereocenters. The van der Waals surface area contributed by atoms with E-state index in [1.807, 2.05) is 49.1 Å². The highest BCUT2D eigenvalue weighted by atomic mass is 32.1. The highest BCUT2D eigenvalue weighted by molar-refractivity contribution is 7.16. The van der Waals surface area contributed by atoms with Crippen LogP contribution in [0.3, 0.4) is 0 Å². The number of para-hydroxylation sites is 1. The molecule has 2 aromatic carbocycles. The summed E-state index contributed by atoms with van der Waals surface area (Å²) in [5.74, 6) is -1.94. The van der Waals surface area contributed by atoms with Crippen molar-refractivity contribution in [3.05, 3.63) is 82.9 Å². The van der Waals surface area contributed by atoms with Gasteiger partial charge >= 0.3 is 12.1 Å². The molecule has 0 bridgehead atoms. The highest BCUT2D eigenvalue weighted by Crippen LogP contribution is 2.38. The van der Waals surface area contributed by atoms with Crippen molar-refractivity contribution in [3.63, 3.8) is 0 Å². The van der Waals surface area contributed by atoms with Crippen LogP contribution in [0.1, 0.15) is 47.6 Å². The number of piperazine rings is 1. The van der Waals surface area contributed by atoms with Gasteiger partial charge in [0, 0.05) is 50.0 Å². The van der Waals surface area contributed by atoms with E-state index in [-0.39, 0.29) is 41.1 Å². The van der Waals surface area contributed by atoms with E-state index in [4.69, 9.17) is 5.11 Å². The number of rotatable bonds is 12. The zero-order valence-electron chi connectivity index (χ0n) is 26.4. The van der Waals surface area contributed by atoms with E-state index in [1.165, 1.54) is 12.4 Å². The van der Waals surface area contributed by atoms with Crippen LogP contribution in [0.15, 0.2) is 60.9 Å². The number of aliphatic carboxylic acids is 1. The topological polar surface area (TPSA) is 115 Å². The molecule has 15 heteroatoms. The molecule has 0 saturated carbocycles. The van der Waals surface area contributed by atoms with Crippen molar-refractivity contribution >= 4 is 39.9 Å². The third-order valence-electron chi connectivity index (χ3n) is 8.15. The number of halogens is 4. The van der Waals surface area contributed by atoms with Crippen LogP contribution in [0.4, 0.5) is 34.2 Å². The lowest BCUT2D eigenvalue weighted by Gasteiger charge is -2.34.